The lowest BCUT2D eigenvalue weighted by Gasteiger charge is -2.32. The number of fused-ring (bicyclic) bond motifs is 1. The minimum atomic E-state index is 0.569. The topological polar surface area (TPSA) is 46.8 Å². The second-order valence-electron chi connectivity index (χ2n) is 7.46. The molecule has 0 N–H and O–H groups in total. The highest BCUT2D eigenvalue weighted by molar-refractivity contribution is 5.93. The van der Waals surface area contributed by atoms with Gasteiger partial charge < -0.3 is 4.90 Å². The molecule has 0 spiro atoms. The summed E-state index contributed by atoms with van der Waals surface area (Å²) in [6.45, 7) is 1.93. The van der Waals surface area contributed by atoms with Gasteiger partial charge in [0.15, 0.2) is 0 Å². The lowest BCUT2D eigenvalue weighted by molar-refractivity contribution is 0.499. The van der Waals surface area contributed by atoms with Gasteiger partial charge in [0.25, 0.3) is 0 Å². The van der Waals surface area contributed by atoms with Crippen LogP contribution in [0.4, 0.5) is 5.95 Å². The average Bonchev–Trinajstić information content (AvgIpc) is 3.20. The summed E-state index contributed by atoms with van der Waals surface area (Å²) >= 11 is 0. The van der Waals surface area contributed by atoms with Gasteiger partial charge in [-0.2, -0.15) is 5.10 Å². The normalized spacial score (nSPS) is 15.2. The van der Waals surface area contributed by atoms with Crippen molar-refractivity contribution < 1.29 is 0 Å². The zero-order valence-corrected chi connectivity index (χ0v) is 16.0. The molecule has 1 saturated heterocycles. The number of hydrogen-bond donors (Lipinski definition) is 0. The Bertz CT molecular complexity index is 1090. The van der Waals surface area contributed by atoms with E-state index >= 15 is 0 Å². The van der Waals surface area contributed by atoms with Crippen molar-refractivity contribution in [3.05, 3.63) is 72.6 Å². The molecule has 5 rings (SSSR count). The van der Waals surface area contributed by atoms with Crippen LogP contribution in [-0.4, -0.2) is 32.8 Å². The number of nitrogens with zero attached hydrogens (tertiary/aromatic N) is 5. The van der Waals surface area contributed by atoms with Crippen LogP contribution in [0, 0.1) is 0 Å². The van der Waals surface area contributed by atoms with Crippen LogP contribution in [0.25, 0.3) is 22.2 Å². The van der Waals surface area contributed by atoms with Crippen LogP contribution in [0.3, 0.4) is 0 Å². The quantitative estimate of drug-likeness (QED) is 0.536. The lowest BCUT2D eigenvalue weighted by atomic mass is 9.92. The van der Waals surface area contributed by atoms with Gasteiger partial charge in [0.05, 0.1) is 17.4 Å². The molecule has 140 valence electrons. The molecule has 0 atom stereocenters. The molecule has 2 aromatic carbocycles. The Balaban J connectivity index is 1.47. The van der Waals surface area contributed by atoms with Gasteiger partial charge in [-0.15, -0.1) is 0 Å². The zero-order chi connectivity index (χ0) is 18.9. The number of para-hydroxylation sites is 1. The van der Waals surface area contributed by atoms with Gasteiger partial charge in [0, 0.05) is 37.3 Å². The third-order valence-electron chi connectivity index (χ3n) is 5.61. The van der Waals surface area contributed by atoms with Crippen molar-refractivity contribution in [2.45, 2.75) is 18.8 Å². The Morgan fingerprint density at radius 1 is 0.893 bits per heavy atom. The Labute approximate surface area is 164 Å². The van der Waals surface area contributed by atoms with E-state index in [0.29, 0.717) is 5.92 Å². The largest absolute Gasteiger partial charge is 0.341 e. The summed E-state index contributed by atoms with van der Waals surface area (Å²) in [6, 6.07) is 18.7. The Morgan fingerprint density at radius 2 is 1.64 bits per heavy atom. The van der Waals surface area contributed by atoms with Crippen LogP contribution in [0.15, 0.2) is 67.0 Å². The zero-order valence-electron chi connectivity index (χ0n) is 16.0. The molecule has 0 bridgehead atoms. The molecule has 0 saturated carbocycles. The standard InChI is InChI=1S/C23H23N5/c1-27-16-19(15-24-27)17-11-13-28(14-12-17)23-25-21-10-6-5-9-20(21)22(26-23)18-7-3-2-4-8-18/h2-10,15-17H,11-14H2,1H3. The highest BCUT2D eigenvalue weighted by Crippen LogP contribution is 2.32. The van der Waals surface area contributed by atoms with Gasteiger partial charge in [-0.25, -0.2) is 9.97 Å². The number of hydrogen-bond acceptors (Lipinski definition) is 4. The number of aryl methyl sites for hydroxylation is 1. The number of anilines is 1. The lowest BCUT2D eigenvalue weighted by Crippen LogP contribution is -2.34. The predicted octanol–water partition coefficient (Wildman–Crippen LogP) is 4.41. The molecule has 0 aliphatic carbocycles. The summed E-state index contributed by atoms with van der Waals surface area (Å²) in [7, 11) is 1.98. The van der Waals surface area contributed by atoms with Gasteiger partial charge in [0.2, 0.25) is 5.95 Å². The first-order valence-electron chi connectivity index (χ1n) is 9.83. The number of benzene rings is 2. The second kappa shape index (κ2) is 7.08. The highest BCUT2D eigenvalue weighted by atomic mass is 15.3. The van der Waals surface area contributed by atoms with Crippen LogP contribution >= 0.6 is 0 Å². The maximum Gasteiger partial charge on any atom is 0.226 e. The first kappa shape index (κ1) is 16.9. The van der Waals surface area contributed by atoms with Crippen LogP contribution in [0.1, 0.15) is 24.3 Å². The number of rotatable bonds is 3. The monoisotopic (exact) mass is 369 g/mol. The molecule has 1 aliphatic rings. The summed E-state index contributed by atoms with van der Waals surface area (Å²) in [5, 5.41) is 5.43. The van der Waals surface area contributed by atoms with Crippen molar-refractivity contribution in [1.29, 1.82) is 0 Å². The summed E-state index contributed by atoms with van der Waals surface area (Å²) in [6.07, 6.45) is 6.34. The molecule has 5 heteroatoms. The van der Waals surface area contributed by atoms with Crippen LogP contribution in [-0.2, 0) is 7.05 Å². The summed E-state index contributed by atoms with van der Waals surface area (Å²) in [5.74, 6) is 1.40. The van der Waals surface area contributed by atoms with E-state index in [9.17, 15) is 0 Å². The van der Waals surface area contributed by atoms with Gasteiger partial charge >= 0.3 is 0 Å². The molecule has 1 aliphatic heterocycles. The van der Waals surface area contributed by atoms with E-state index in [4.69, 9.17) is 9.97 Å². The van der Waals surface area contributed by atoms with Crippen molar-refractivity contribution in [2.75, 3.05) is 18.0 Å². The molecule has 0 radical (unpaired) electrons. The van der Waals surface area contributed by atoms with E-state index in [1.807, 2.05) is 30.1 Å². The van der Waals surface area contributed by atoms with Crippen LogP contribution < -0.4 is 4.90 Å². The minimum Gasteiger partial charge on any atom is -0.341 e. The fourth-order valence-electron chi connectivity index (χ4n) is 4.09. The fraction of sp³-hybridized carbons (Fsp3) is 0.261. The van der Waals surface area contributed by atoms with Crippen molar-refractivity contribution in [3.8, 4) is 11.3 Å². The van der Waals surface area contributed by atoms with Crippen molar-refractivity contribution >= 4 is 16.9 Å². The maximum atomic E-state index is 5.00. The maximum absolute atomic E-state index is 5.00. The third-order valence-corrected chi connectivity index (χ3v) is 5.61. The molecule has 2 aromatic heterocycles. The summed E-state index contributed by atoms with van der Waals surface area (Å²) < 4.78 is 1.89. The van der Waals surface area contributed by atoms with Crippen molar-refractivity contribution in [3.63, 3.8) is 0 Å². The molecule has 28 heavy (non-hydrogen) atoms. The van der Waals surface area contributed by atoms with Crippen LogP contribution in [0.5, 0.6) is 0 Å². The summed E-state index contributed by atoms with van der Waals surface area (Å²) in [5.41, 5.74) is 4.48. The Morgan fingerprint density at radius 3 is 2.39 bits per heavy atom. The van der Waals surface area contributed by atoms with Crippen LogP contribution in [0.2, 0.25) is 0 Å². The van der Waals surface area contributed by atoms with Crippen molar-refractivity contribution in [1.82, 2.24) is 19.7 Å². The molecule has 1 fully saturated rings. The van der Waals surface area contributed by atoms with Gasteiger partial charge in [0.1, 0.15) is 0 Å². The molecule has 0 amide bonds. The molecular weight excluding hydrogens is 346 g/mol. The van der Waals surface area contributed by atoms with E-state index < -0.39 is 0 Å². The molecule has 4 aromatic rings. The molecule has 0 unspecified atom stereocenters. The summed E-state index contributed by atoms with van der Waals surface area (Å²) in [4.78, 5) is 12.2. The first-order chi connectivity index (χ1) is 13.8. The van der Waals surface area contributed by atoms with E-state index in [-0.39, 0.29) is 0 Å². The SMILES string of the molecule is Cn1cc(C2CCN(c3nc(-c4ccccc4)c4ccccc4n3)CC2)cn1. The predicted molar refractivity (Wildman–Crippen MR) is 112 cm³/mol. The van der Waals surface area contributed by atoms with E-state index in [1.165, 1.54) is 5.56 Å². The number of piperidine rings is 1. The smallest absolute Gasteiger partial charge is 0.226 e. The van der Waals surface area contributed by atoms with E-state index in [2.05, 4.69) is 58.7 Å². The van der Waals surface area contributed by atoms with Gasteiger partial charge in [-0.05, 0) is 30.4 Å². The fourth-order valence-corrected chi connectivity index (χ4v) is 4.09. The van der Waals surface area contributed by atoms with E-state index in [0.717, 1.165) is 54.0 Å². The molecule has 3 heterocycles. The van der Waals surface area contributed by atoms with Crippen molar-refractivity contribution in [2.24, 2.45) is 7.05 Å². The Kier molecular flexibility index (Phi) is 4.28. The second-order valence-corrected chi connectivity index (χ2v) is 7.46. The van der Waals surface area contributed by atoms with Gasteiger partial charge in [-0.3, -0.25) is 4.68 Å². The minimum absolute atomic E-state index is 0.569. The third kappa shape index (κ3) is 3.13. The number of aromatic nitrogens is 4. The molecular formula is C23H23N5. The Hall–Kier alpha value is -3.21. The first-order valence-corrected chi connectivity index (χ1v) is 9.83. The average molecular weight is 369 g/mol. The van der Waals surface area contributed by atoms with Gasteiger partial charge in [-0.1, -0.05) is 48.5 Å². The van der Waals surface area contributed by atoms with E-state index in [1.54, 1.807) is 0 Å². The molecule has 5 nitrogen and oxygen atoms in total. The highest BCUT2D eigenvalue weighted by Gasteiger charge is 2.24.